The van der Waals surface area contributed by atoms with Gasteiger partial charge in [-0.25, -0.2) is 0 Å². The van der Waals surface area contributed by atoms with Gasteiger partial charge in [0, 0.05) is 6.42 Å². The van der Waals surface area contributed by atoms with Crippen molar-refractivity contribution in [2.75, 3.05) is 0 Å². The highest BCUT2D eigenvalue weighted by atomic mass is 16.4. The molecule has 0 rings (SSSR count). The van der Waals surface area contributed by atoms with Crippen LogP contribution in [0, 0.1) is 5.41 Å². The molecule has 0 spiro atoms. The first kappa shape index (κ1) is 23.2. The first-order valence-electron chi connectivity index (χ1n) is 10.4. The normalized spacial score (nSPS) is 12.1. The summed E-state index contributed by atoms with van der Waals surface area (Å²) in [4.78, 5) is 10.5. The second kappa shape index (κ2) is 15.7. The molecule has 0 aromatic rings. The van der Waals surface area contributed by atoms with Gasteiger partial charge in [0.05, 0.1) is 0 Å². The third-order valence-corrected chi connectivity index (χ3v) is 4.76. The van der Waals surface area contributed by atoms with E-state index >= 15 is 0 Å². The molecule has 142 valence electrons. The van der Waals surface area contributed by atoms with Crippen LogP contribution in [0.3, 0.4) is 0 Å². The number of carboxylic acid groups (broad SMARTS) is 1. The molecule has 0 amide bonds. The highest BCUT2D eigenvalue weighted by molar-refractivity contribution is 5.66. The monoisotopic (exact) mass is 338 g/mol. The Bertz CT molecular complexity index is 318. The number of hydrogen-bond acceptors (Lipinski definition) is 1. The van der Waals surface area contributed by atoms with E-state index in [0.29, 0.717) is 0 Å². The lowest BCUT2D eigenvalue weighted by atomic mass is 9.86. The molecule has 0 radical (unpaired) electrons. The van der Waals surface area contributed by atoms with Crippen molar-refractivity contribution < 1.29 is 9.90 Å². The molecular formula is C22H42O2. The van der Waals surface area contributed by atoms with E-state index in [1.807, 2.05) is 0 Å². The Balaban J connectivity index is 3.44. The number of rotatable bonds is 17. The minimum atomic E-state index is -0.691. The van der Waals surface area contributed by atoms with Crippen molar-refractivity contribution in [3.63, 3.8) is 0 Å². The Morgan fingerprint density at radius 1 is 0.833 bits per heavy atom. The Morgan fingerprint density at radius 2 is 1.33 bits per heavy atom. The average Bonchev–Trinajstić information content (AvgIpc) is 2.52. The van der Waals surface area contributed by atoms with Crippen LogP contribution < -0.4 is 0 Å². The summed E-state index contributed by atoms with van der Waals surface area (Å²) in [6, 6.07) is 0. The van der Waals surface area contributed by atoms with Gasteiger partial charge < -0.3 is 5.11 Å². The lowest BCUT2D eigenvalue weighted by Crippen LogP contribution is -2.06. The molecule has 0 aromatic carbocycles. The molecule has 0 heterocycles. The predicted molar refractivity (Wildman–Crippen MR) is 105 cm³/mol. The van der Waals surface area contributed by atoms with E-state index in [0.717, 1.165) is 12.8 Å². The van der Waals surface area contributed by atoms with E-state index in [2.05, 4.69) is 32.9 Å². The minimum absolute atomic E-state index is 0.252. The molecule has 2 nitrogen and oxygen atoms in total. The molecule has 0 saturated heterocycles. The molecule has 0 atom stereocenters. The first-order chi connectivity index (χ1) is 11.5. The number of aliphatic carboxylic acids is 1. The van der Waals surface area contributed by atoms with Crippen molar-refractivity contribution in [2.45, 2.75) is 117 Å². The van der Waals surface area contributed by atoms with Gasteiger partial charge in [0.15, 0.2) is 0 Å². The lowest BCUT2D eigenvalue weighted by molar-refractivity contribution is -0.137. The quantitative estimate of drug-likeness (QED) is 0.220. The van der Waals surface area contributed by atoms with Gasteiger partial charge in [-0.3, -0.25) is 4.79 Å². The fourth-order valence-corrected chi connectivity index (χ4v) is 3.10. The summed E-state index contributed by atoms with van der Waals surface area (Å²) < 4.78 is 0. The summed E-state index contributed by atoms with van der Waals surface area (Å²) in [5, 5.41) is 8.62. The number of unbranched alkanes of at least 4 members (excludes halogenated alkanes) is 11. The van der Waals surface area contributed by atoms with E-state index in [1.54, 1.807) is 0 Å². The molecule has 0 aliphatic heterocycles. The van der Waals surface area contributed by atoms with Crippen LogP contribution >= 0.6 is 0 Å². The molecule has 1 N–H and O–H groups in total. The Labute approximate surface area is 151 Å². The van der Waals surface area contributed by atoms with E-state index in [-0.39, 0.29) is 11.8 Å². The van der Waals surface area contributed by atoms with Gasteiger partial charge >= 0.3 is 5.97 Å². The van der Waals surface area contributed by atoms with Crippen LogP contribution in [-0.2, 0) is 4.79 Å². The van der Waals surface area contributed by atoms with Crippen molar-refractivity contribution in [2.24, 2.45) is 5.41 Å². The number of carboxylic acids is 1. The summed E-state index contributed by atoms with van der Waals surface area (Å²) in [5.41, 5.74) is 0.252. The van der Waals surface area contributed by atoms with Gasteiger partial charge in [-0.2, -0.15) is 0 Å². The summed E-state index contributed by atoms with van der Waals surface area (Å²) in [6.45, 7) is 6.85. The highest BCUT2D eigenvalue weighted by Crippen LogP contribution is 2.26. The standard InChI is InChI=1S/C22H42O2/c1-4-5-6-7-8-9-10-11-12-13-16-19-22(2,3)20-17-14-15-18-21(23)24/h17,20H,4-16,18-19H2,1-3H3,(H,23,24). The zero-order valence-electron chi connectivity index (χ0n) is 16.6. The molecule has 0 fully saturated rings. The Hall–Kier alpha value is -0.790. The maximum atomic E-state index is 10.5. The van der Waals surface area contributed by atoms with Crippen molar-refractivity contribution in [3.05, 3.63) is 12.2 Å². The average molecular weight is 339 g/mol. The number of allylic oxidation sites excluding steroid dienone is 2. The maximum Gasteiger partial charge on any atom is 0.303 e. The van der Waals surface area contributed by atoms with E-state index < -0.39 is 5.97 Å². The van der Waals surface area contributed by atoms with Gasteiger partial charge in [0.25, 0.3) is 0 Å². The predicted octanol–water partition coefficient (Wildman–Crippen LogP) is 7.52. The van der Waals surface area contributed by atoms with Gasteiger partial charge in [-0.15, -0.1) is 0 Å². The maximum absolute atomic E-state index is 10.5. The fraction of sp³-hybridized carbons (Fsp3) is 0.864. The van der Waals surface area contributed by atoms with E-state index in [9.17, 15) is 4.79 Å². The van der Waals surface area contributed by atoms with Crippen LogP contribution in [0.1, 0.15) is 117 Å². The van der Waals surface area contributed by atoms with Crippen molar-refractivity contribution in [1.82, 2.24) is 0 Å². The van der Waals surface area contributed by atoms with E-state index in [4.69, 9.17) is 5.11 Å². The van der Waals surface area contributed by atoms with Gasteiger partial charge in [-0.05, 0) is 24.7 Å². The van der Waals surface area contributed by atoms with Crippen LogP contribution in [-0.4, -0.2) is 11.1 Å². The minimum Gasteiger partial charge on any atom is -0.481 e. The van der Waals surface area contributed by atoms with Crippen LogP contribution in [0.2, 0.25) is 0 Å². The SMILES string of the molecule is CCCCCCCCCCCCCC(C)(C)C=CCCCC(=O)O. The number of hydrogen-bond donors (Lipinski definition) is 1. The summed E-state index contributed by atoms with van der Waals surface area (Å²) in [6.07, 6.45) is 22.9. The van der Waals surface area contributed by atoms with Crippen LogP contribution in [0.25, 0.3) is 0 Å². The van der Waals surface area contributed by atoms with Crippen LogP contribution in [0.5, 0.6) is 0 Å². The fourth-order valence-electron chi connectivity index (χ4n) is 3.10. The van der Waals surface area contributed by atoms with Crippen LogP contribution in [0.4, 0.5) is 0 Å². The third-order valence-electron chi connectivity index (χ3n) is 4.76. The topological polar surface area (TPSA) is 37.3 Å². The zero-order valence-corrected chi connectivity index (χ0v) is 16.6. The molecule has 2 heteroatoms. The third kappa shape index (κ3) is 17.6. The van der Waals surface area contributed by atoms with Crippen molar-refractivity contribution in [1.29, 1.82) is 0 Å². The Morgan fingerprint density at radius 3 is 1.83 bits per heavy atom. The Kier molecular flexibility index (Phi) is 15.2. The molecule has 0 aliphatic rings. The molecule has 0 unspecified atom stereocenters. The molecular weight excluding hydrogens is 296 g/mol. The molecule has 24 heavy (non-hydrogen) atoms. The second-order valence-electron chi connectivity index (χ2n) is 7.96. The van der Waals surface area contributed by atoms with Crippen LogP contribution in [0.15, 0.2) is 12.2 Å². The van der Waals surface area contributed by atoms with E-state index in [1.165, 1.54) is 77.0 Å². The van der Waals surface area contributed by atoms with Crippen molar-refractivity contribution >= 4 is 5.97 Å². The largest absolute Gasteiger partial charge is 0.481 e. The molecule has 0 aromatic heterocycles. The zero-order chi connectivity index (χ0) is 18.1. The van der Waals surface area contributed by atoms with Gasteiger partial charge in [-0.1, -0.05) is 104 Å². The van der Waals surface area contributed by atoms with Gasteiger partial charge in [0.2, 0.25) is 0 Å². The summed E-state index contributed by atoms with van der Waals surface area (Å²) >= 11 is 0. The summed E-state index contributed by atoms with van der Waals surface area (Å²) in [7, 11) is 0. The summed E-state index contributed by atoms with van der Waals surface area (Å²) in [5.74, 6) is -0.691. The smallest absolute Gasteiger partial charge is 0.303 e. The molecule has 0 aliphatic carbocycles. The highest BCUT2D eigenvalue weighted by Gasteiger charge is 2.12. The number of carbonyl (C=O) groups is 1. The second-order valence-corrected chi connectivity index (χ2v) is 7.96. The lowest BCUT2D eigenvalue weighted by Gasteiger charge is -2.20. The molecule has 0 saturated carbocycles. The molecule has 0 bridgehead atoms. The first-order valence-corrected chi connectivity index (χ1v) is 10.4. The van der Waals surface area contributed by atoms with Crippen molar-refractivity contribution in [3.8, 4) is 0 Å². The van der Waals surface area contributed by atoms with Gasteiger partial charge in [0.1, 0.15) is 0 Å².